The second-order valence-electron chi connectivity index (χ2n) is 3.25. The van der Waals surface area contributed by atoms with Gasteiger partial charge in [-0.2, -0.15) is 0 Å². The zero-order valence-electron chi connectivity index (χ0n) is 7.78. The normalized spacial score (nSPS) is 25.9. The molecule has 0 aromatic rings. The van der Waals surface area contributed by atoms with Gasteiger partial charge in [0.1, 0.15) is 12.4 Å². The van der Waals surface area contributed by atoms with Crippen LogP contribution in [0.3, 0.4) is 0 Å². The van der Waals surface area contributed by atoms with Crippen molar-refractivity contribution in [2.75, 3.05) is 6.61 Å². The fourth-order valence-corrected chi connectivity index (χ4v) is 1.66. The van der Waals surface area contributed by atoms with Crippen molar-refractivity contribution in [2.45, 2.75) is 19.4 Å². The lowest BCUT2D eigenvalue weighted by Crippen LogP contribution is -2.26. The molecular weight excluding hydrogens is 184 g/mol. The van der Waals surface area contributed by atoms with E-state index in [2.05, 4.69) is 0 Å². The van der Waals surface area contributed by atoms with E-state index < -0.39 is 5.97 Å². The Hall–Kier alpha value is -1.58. The molecule has 0 aromatic carbocycles. The van der Waals surface area contributed by atoms with Gasteiger partial charge in [-0.05, 0) is 12.5 Å². The number of rotatable bonds is 1. The third-order valence-electron chi connectivity index (χ3n) is 2.43. The van der Waals surface area contributed by atoms with Gasteiger partial charge in [-0.15, -0.1) is 0 Å². The lowest BCUT2D eigenvalue weighted by Gasteiger charge is -2.26. The van der Waals surface area contributed by atoms with Gasteiger partial charge in [0.2, 0.25) is 0 Å². The number of aldehydes is 1. The zero-order chi connectivity index (χ0) is 10.1. The SMILES string of the molecule is C[C@@H]1OC=C2C(=O)OCCC2=C1C=O. The van der Waals surface area contributed by atoms with E-state index in [1.54, 1.807) is 6.92 Å². The number of carbonyl (C=O) groups excluding carboxylic acids is 2. The Kier molecular flexibility index (Phi) is 2.11. The summed E-state index contributed by atoms with van der Waals surface area (Å²) in [6, 6.07) is 0. The Labute approximate surface area is 81.2 Å². The van der Waals surface area contributed by atoms with Gasteiger partial charge in [0, 0.05) is 12.0 Å². The van der Waals surface area contributed by atoms with Crippen molar-refractivity contribution in [2.24, 2.45) is 0 Å². The van der Waals surface area contributed by atoms with Crippen molar-refractivity contribution in [3.05, 3.63) is 23.0 Å². The van der Waals surface area contributed by atoms with Crippen LogP contribution >= 0.6 is 0 Å². The molecule has 0 N–H and O–H groups in total. The minimum absolute atomic E-state index is 0.267. The highest BCUT2D eigenvalue weighted by Crippen LogP contribution is 2.30. The highest BCUT2D eigenvalue weighted by atomic mass is 16.5. The molecule has 74 valence electrons. The molecule has 14 heavy (non-hydrogen) atoms. The molecule has 1 fully saturated rings. The predicted octanol–water partition coefficient (Wildman–Crippen LogP) is 0.731. The van der Waals surface area contributed by atoms with E-state index in [-0.39, 0.29) is 6.10 Å². The first-order valence-electron chi connectivity index (χ1n) is 4.45. The molecule has 0 spiro atoms. The maximum atomic E-state index is 11.3. The van der Waals surface area contributed by atoms with Gasteiger partial charge in [-0.1, -0.05) is 0 Å². The minimum Gasteiger partial charge on any atom is -0.493 e. The first-order valence-corrected chi connectivity index (χ1v) is 4.45. The van der Waals surface area contributed by atoms with Gasteiger partial charge in [-0.3, -0.25) is 4.79 Å². The Morgan fingerprint density at radius 3 is 3.07 bits per heavy atom. The number of esters is 1. The first kappa shape index (κ1) is 8.99. The van der Waals surface area contributed by atoms with Gasteiger partial charge in [0.15, 0.2) is 0 Å². The molecule has 4 heteroatoms. The molecule has 2 aliphatic heterocycles. The van der Waals surface area contributed by atoms with Crippen LogP contribution in [0, 0.1) is 0 Å². The second kappa shape index (κ2) is 3.29. The van der Waals surface area contributed by atoms with Crippen LogP contribution in [0.1, 0.15) is 13.3 Å². The summed E-state index contributed by atoms with van der Waals surface area (Å²) < 4.78 is 10.0. The van der Waals surface area contributed by atoms with E-state index in [1.165, 1.54) is 6.26 Å². The third kappa shape index (κ3) is 1.23. The summed E-state index contributed by atoms with van der Waals surface area (Å²) in [5, 5.41) is 0. The number of cyclic esters (lactones) is 1. The summed E-state index contributed by atoms with van der Waals surface area (Å²) in [6.45, 7) is 2.12. The smallest absolute Gasteiger partial charge is 0.341 e. The van der Waals surface area contributed by atoms with Gasteiger partial charge >= 0.3 is 5.97 Å². The molecule has 2 rings (SSSR count). The summed E-state index contributed by atoms with van der Waals surface area (Å²) in [5.74, 6) is -0.405. The molecule has 1 saturated heterocycles. The lowest BCUT2D eigenvalue weighted by molar-refractivity contribution is -0.140. The fourth-order valence-electron chi connectivity index (χ4n) is 1.66. The van der Waals surface area contributed by atoms with Crippen molar-refractivity contribution < 1.29 is 19.1 Å². The molecule has 0 saturated carbocycles. The number of carbonyl (C=O) groups is 2. The minimum atomic E-state index is -0.405. The van der Waals surface area contributed by atoms with E-state index in [0.29, 0.717) is 24.2 Å². The van der Waals surface area contributed by atoms with Crippen molar-refractivity contribution in [3.8, 4) is 0 Å². The third-order valence-corrected chi connectivity index (χ3v) is 2.43. The van der Waals surface area contributed by atoms with Gasteiger partial charge < -0.3 is 9.47 Å². The first-order chi connectivity index (χ1) is 6.74. The molecule has 0 unspecified atom stereocenters. The number of hydrogen-bond donors (Lipinski definition) is 0. The van der Waals surface area contributed by atoms with Crippen LogP contribution in [-0.4, -0.2) is 25.0 Å². The largest absolute Gasteiger partial charge is 0.493 e. The molecule has 0 aliphatic carbocycles. The molecule has 2 aliphatic rings. The molecule has 2 heterocycles. The molecule has 0 amide bonds. The molecule has 1 atom stereocenters. The average molecular weight is 194 g/mol. The predicted molar refractivity (Wildman–Crippen MR) is 47.3 cm³/mol. The highest BCUT2D eigenvalue weighted by Gasteiger charge is 2.30. The lowest BCUT2D eigenvalue weighted by atomic mass is 9.92. The van der Waals surface area contributed by atoms with Crippen LogP contribution in [0.5, 0.6) is 0 Å². The highest BCUT2D eigenvalue weighted by molar-refractivity contribution is 5.97. The molecule has 0 bridgehead atoms. The van der Waals surface area contributed by atoms with Crippen LogP contribution in [-0.2, 0) is 19.1 Å². The Morgan fingerprint density at radius 1 is 1.57 bits per heavy atom. The Morgan fingerprint density at radius 2 is 2.36 bits per heavy atom. The quantitative estimate of drug-likeness (QED) is 0.456. The van der Waals surface area contributed by atoms with Crippen molar-refractivity contribution in [1.29, 1.82) is 0 Å². The van der Waals surface area contributed by atoms with Crippen LogP contribution in [0.4, 0.5) is 0 Å². The number of ether oxygens (including phenoxy) is 2. The van der Waals surface area contributed by atoms with Crippen LogP contribution < -0.4 is 0 Å². The maximum absolute atomic E-state index is 11.3. The molecular formula is C10H10O4. The van der Waals surface area contributed by atoms with Gasteiger partial charge in [-0.25, -0.2) is 4.79 Å². The van der Waals surface area contributed by atoms with Crippen LogP contribution in [0.25, 0.3) is 0 Å². The monoisotopic (exact) mass is 194 g/mol. The summed E-state index contributed by atoms with van der Waals surface area (Å²) in [4.78, 5) is 22.1. The summed E-state index contributed by atoms with van der Waals surface area (Å²) in [5.41, 5.74) is 1.71. The molecule has 0 aromatic heterocycles. The fraction of sp³-hybridized carbons (Fsp3) is 0.400. The zero-order valence-corrected chi connectivity index (χ0v) is 7.78. The van der Waals surface area contributed by atoms with E-state index in [9.17, 15) is 9.59 Å². The van der Waals surface area contributed by atoms with Crippen molar-refractivity contribution >= 4 is 12.3 Å². The van der Waals surface area contributed by atoms with Crippen molar-refractivity contribution in [1.82, 2.24) is 0 Å². The summed E-state index contributed by atoms with van der Waals surface area (Å²) >= 11 is 0. The number of hydrogen-bond acceptors (Lipinski definition) is 4. The summed E-state index contributed by atoms with van der Waals surface area (Å²) in [6.07, 6.45) is 2.47. The van der Waals surface area contributed by atoms with Crippen molar-refractivity contribution in [3.63, 3.8) is 0 Å². The average Bonchev–Trinajstić information content (AvgIpc) is 2.18. The second-order valence-corrected chi connectivity index (χ2v) is 3.25. The van der Waals surface area contributed by atoms with Gasteiger partial charge in [0.25, 0.3) is 0 Å². The van der Waals surface area contributed by atoms with E-state index in [4.69, 9.17) is 9.47 Å². The van der Waals surface area contributed by atoms with Gasteiger partial charge in [0.05, 0.1) is 18.4 Å². The van der Waals surface area contributed by atoms with Crippen LogP contribution in [0.15, 0.2) is 23.0 Å². The maximum Gasteiger partial charge on any atom is 0.341 e. The standard InChI is InChI=1S/C10H10O4/c1-6-8(4-11)7-2-3-13-10(12)9(7)5-14-6/h4-6H,2-3H2,1H3/t6-/m0/s1. The molecule has 4 nitrogen and oxygen atoms in total. The van der Waals surface area contributed by atoms with Crippen LogP contribution in [0.2, 0.25) is 0 Å². The Balaban J connectivity index is 2.46. The Bertz CT molecular complexity index is 351. The topological polar surface area (TPSA) is 52.6 Å². The summed E-state index contributed by atoms with van der Waals surface area (Å²) in [7, 11) is 0. The van der Waals surface area contributed by atoms with E-state index >= 15 is 0 Å². The van der Waals surface area contributed by atoms with E-state index in [1.807, 2.05) is 0 Å². The number of fused-ring (bicyclic) bond motifs is 1. The molecule has 0 radical (unpaired) electrons. The van der Waals surface area contributed by atoms with E-state index in [0.717, 1.165) is 11.9 Å².